The van der Waals surface area contributed by atoms with Crippen molar-refractivity contribution in [3.63, 3.8) is 0 Å². The van der Waals surface area contributed by atoms with Crippen molar-refractivity contribution in [2.24, 2.45) is 0 Å². The number of hydrogen-bond donors (Lipinski definition) is 2. The molecule has 0 fully saturated rings. The summed E-state index contributed by atoms with van der Waals surface area (Å²) in [5, 5.41) is 5.47. The lowest BCUT2D eigenvalue weighted by Crippen LogP contribution is -2.22. The molecule has 25 heavy (non-hydrogen) atoms. The summed E-state index contributed by atoms with van der Waals surface area (Å²) >= 11 is 1.32. The summed E-state index contributed by atoms with van der Waals surface area (Å²) in [6.07, 6.45) is 4.70. The van der Waals surface area contributed by atoms with Crippen LogP contribution in [-0.4, -0.2) is 18.9 Å². The normalized spacial score (nSPS) is 13.7. The lowest BCUT2D eigenvalue weighted by Gasteiger charge is -2.09. The number of anilines is 1. The van der Waals surface area contributed by atoms with E-state index in [-0.39, 0.29) is 5.91 Å². The summed E-state index contributed by atoms with van der Waals surface area (Å²) in [7, 11) is 1.52. The first kappa shape index (κ1) is 17.5. The smallest absolute Gasteiger partial charge is 0.262 e. The van der Waals surface area contributed by atoms with Gasteiger partial charge in [0.2, 0.25) is 0 Å². The molecule has 3 rings (SSSR count). The molecular weight excluding hydrogens is 346 g/mol. The van der Waals surface area contributed by atoms with E-state index in [0.717, 1.165) is 54.7 Å². The fourth-order valence-electron chi connectivity index (χ4n) is 3.08. The first-order valence-electron chi connectivity index (χ1n) is 8.15. The van der Waals surface area contributed by atoms with Crippen LogP contribution in [0.4, 0.5) is 13.8 Å². The maximum Gasteiger partial charge on any atom is 0.262 e. The zero-order valence-corrected chi connectivity index (χ0v) is 14.6. The zero-order valence-electron chi connectivity index (χ0n) is 13.7. The Morgan fingerprint density at radius 3 is 2.36 bits per heavy atom. The predicted molar refractivity (Wildman–Crippen MR) is 93.3 cm³/mol. The number of benzene rings is 1. The van der Waals surface area contributed by atoms with Gasteiger partial charge in [-0.05, 0) is 43.4 Å². The Morgan fingerprint density at radius 2 is 1.68 bits per heavy atom. The van der Waals surface area contributed by atoms with Crippen LogP contribution in [0, 0.1) is 11.6 Å². The highest BCUT2D eigenvalue weighted by molar-refractivity contribution is 7.17. The van der Waals surface area contributed by atoms with Crippen molar-refractivity contribution in [1.82, 2.24) is 5.32 Å². The second kappa shape index (κ2) is 7.31. The van der Waals surface area contributed by atoms with Crippen LogP contribution in [0.15, 0.2) is 18.2 Å². The summed E-state index contributed by atoms with van der Waals surface area (Å²) in [5.41, 5.74) is 0.703. The molecule has 2 amide bonds. The molecule has 1 heterocycles. The molecule has 0 radical (unpaired) electrons. The van der Waals surface area contributed by atoms with Gasteiger partial charge in [-0.15, -0.1) is 11.3 Å². The highest BCUT2D eigenvalue weighted by Gasteiger charge is 2.26. The molecule has 1 aliphatic carbocycles. The van der Waals surface area contributed by atoms with Crippen molar-refractivity contribution >= 4 is 28.2 Å². The molecule has 0 aliphatic heterocycles. The van der Waals surface area contributed by atoms with E-state index in [9.17, 15) is 18.4 Å². The number of hydrogen-bond acceptors (Lipinski definition) is 3. The Bertz CT molecular complexity index is 812. The Kier molecular flexibility index (Phi) is 5.13. The van der Waals surface area contributed by atoms with Gasteiger partial charge in [0.1, 0.15) is 22.2 Å². The third-order valence-corrected chi connectivity index (χ3v) is 5.50. The van der Waals surface area contributed by atoms with E-state index in [0.29, 0.717) is 10.6 Å². The second-order valence-corrected chi connectivity index (χ2v) is 7.00. The maximum absolute atomic E-state index is 13.8. The number of amides is 2. The Morgan fingerprint density at radius 1 is 1.00 bits per heavy atom. The van der Waals surface area contributed by atoms with Crippen LogP contribution >= 0.6 is 11.3 Å². The van der Waals surface area contributed by atoms with Crippen LogP contribution in [0.2, 0.25) is 0 Å². The van der Waals surface area contributed by atoms with Crippen molar-refractivity contribution < 1.29 is 18.4 Å². The van der Waals surface area contributed by atoms with Gasteiger partial charge in [-0.3, -0.25) is 9.59 Å². The van der Waals surface area contributed by atoms with Crippen LogP contribution in [0.3, 0.4) is 0 Å². The van der Waals surface area contributed by atoms with Gasteiger partial charge in [0.15, 0.2) is 0 Å². The number of fused-ring (bicyclic) bond motifs is 1. The number of halogens is 2. The first-order chi connectivity index (χ1) is 12.0. The molecule has 0 atom stereocenters. The van der Waals surface area contributed by atoms with Crippen molar-refractivity contribution in [2.75, 3.05) is 12.4 Å². The summed E-state index contributed by atoms with van der Waals surface area (Å²) in [5.74, 6) is -3.06. The van der Waals surface area contributed by atoms with Gasteiger partial charge in [-0.25, -0.2) is 8.78 Å². The van der Waals surface area contributed by atoms with Gasteiger partial charge in [0.25, 0.3) is 11.8 Å². The number of thiophene rings is 1. The molecule has 4 nitrogen and oxygen atoms in total. The number of aryl methyl sites for hydroxylation is 1. The Hall–Kier alpha value is -2.28. The van der Waals surface area contributed by atoms with Crippen LogP contribution in [0.25, 0.3) is 0 Å². The fourth-order valence-corrected chi connectivity index (χ4v) is 4.36. The summed E-state index contributed by atoms with van der Waals surface area (Å²) in [6, 6.07) is 3.26. The fraction of sp³-hybridized carbons (Fsp3) is 0.333. The van der Waals surface area contributed by atoms with Gasteiger partial charge >= 0.3 is 0 Å². The van der Waals surface area contributed by atoms with Gasteiger partial charge < -0.3 is 10.6 Å². The molecule has 0 unspecified atom stereocenters. The van der Waals surface area contributed by atoms with Crippen molar-refractivity contribution in [2.45, 2.75) is 32.1 Å². The lowest BCUT2D eigenvalue weighted by molar-refractivity contribution is 0.0963. The largest absolute Gasteiger partial charge is 0.355 e. The third kappa shape index (κ3) is 3.42. The summed E-state index contributed by atoms with van der Waals surface area (Å²) in [6.45, 7) is 0. The molecular formula is C18H18F2N2O2S. The van der Waals surface area contributed by atoms with Crippen LogP contribution in [0.1, 0.15) is 50.4 Å². The van der Waals surface area contributed by atoms with Gasteiger partial charge in [-0.2, -0.15) is 0 Å². The monoisotopic (exact) mass is 364 g/mol. The molecule has 0 saturated carbocycles. The SMILES string of the molecule is CNC(=O)c1c(NC(=O)c2c(F)cccc2F)sc2c1CCCCC2. The second-order valence-electron chi connectivity index (χ2n) is 5.90. The van der Waals surface area contributed by atoms with Gasteiger partial charge in [0, 0.05) is 11.9 Å². The maximum atomic E-state index is 13.8. The third-order valence-electron chi connectivity index (χ3n) is 4.29. The minimum absolute atomic E-state index is 0.302. The quantitative estimate of drug-likeness (QED) is 0.812. The number of carbonyl (C=O) groups excluding carboxylic acids is 2. The van der Waals surface area contributed by atoms with Gasteiger partial charge in [-0.1, -0.05) is 12.5 Å². The van der Waals surface area contributed by atoms with E-state index in [4.69, 9.17) is 0 Å². The predicted octanol–water partition coefficient (Wildman–Crippen LogP) is 3.91. The van der Waals surface area contributed by atoms with Crippen LogP contribution in [-0.2, 0) is 12.8 Å². The average molecular weight is 364 g/mol. The topological polar surface area (TPSA) is 58.2 Å². The molecule has 0 saturated heterocycles. The minimum Gasteiger partial charge on any atom is -0.355 e. The van der Waals surface area contributed by atoms with Crippen molar-refractivity contribution in [1.29, 1.82) is 0 Å². The van der Waals surface area contributed by atoms with E-state index < -0.39 is 23.1 Å². The van der Waals surface area contributed by atoms with Crippen molar-refractivity contribution in [3.8, 4) is 0 Å². The molecule has 1 aromatic heterocycles. The molecule has 0 bridgehead atoms. The van der Waals surface area contributed by atoms with E-state index in [1.54, 1.807) is 0 Å². The molecule has 7 heteroatoms. The average Bonchev–Trinajstić information content (AvgIpc) is 2.75. The molecule has 132 valence electrons. The number of carbonyl (C=O) groups is 2. The highest BCUT2D eigenvalue weighted by Crippen LogP contribution is 2.37. The van der Waals surface area contributed by atoms with E-state index in [2.05, 4.69) is 10.6 Å². The first-order valence-corrected chi connectivity index (χ1v) is 8.96. The minimum atomic E-state index is -0.933. The summed E-state index contributed by atoms with van der Waals surface area (Å²) < 4.78 is 27.7. The Labute approximate surface area is 148 Å². The molecule has 0 spiro atoms. The van der Waals surface area contributed by atoms with E-state index in [1.807, 2.05) is 0 Å². The number of nitrogens with one attached hydrogen (secondary N) is 2. The van der Waals surface area contributed by atoms with Crippen LogP contribution in [0.5, 0.6) is 0 Å². The highest BCUT2D eigenvalue weighted by atomic mass is 32.1. The summed E-state index contributed by atoms with van der Waals surface area (Å²) in [4.78, 5) is 25.8. The molecule has 2 aromatic rings. The van der Waals surface area contributed by atoms with E-state index >= 15 is 0 Å². The molecule has 1 aliphatic rings. The number of rotatable bonds is 3. The Balaban J connectivity index is 2.00. The van der Waals surface area contributed by atoms with Crippen LogP contribution < -0.4 is 10.6 Å². The van der Waals surface area contributed by atoms with Crippen molar-refractivity contribution in [3.05, 3.63) is 51.4 Å². The van der Waals surface area contributed by atoms with Gasteiger partial charge in [0.05, 0.1) is 5.56 Å². The molecule has 1 aromatic carbocycles. The zero-order chi connectivity index (χ0) is 18.0. The lowest BCUT2D eigenvalue weighted by atomic mass is 10.0. The molecule has 2 N–H and O–H groups in total. The standard InChI is InChI=1S/C18H18F2N2O2S/c1-21-16(23)14-10-6-3-2-4-9-13(10)25-18(14)22-17(24)15-11(19)7-5-8-12(15)20/h5,7-8H,2-4,6,9H2,1H3,(H,21,23)(H,22,24). The van der Waals surface area contributed by atoms with E-state index in [1.165, 1.54) is 24.5 Å².